The summed E-state index contributed by atoms with van der Waals surface area (Å²) in [6.45, 7) is 0. The third-order valence-corrected chi connectivity index (χ3v) is 5.88. The first-order chi connectivity index (χ1) is 10.8. The van der Waals surface area contributed by atoms with Crippen LogP contribution in [0.25, 0.3) is 0 Å². The number of hydrogen-bond donors (Lipinski definition) is 1. The van der Waals surface area contributed by atoms with Crippen LogP contribution in [0.2, 0.25) is 0 Å². The molecule has 3 rings (SSSR count). The maximum absolute atomic E-state index is 6.35. The van der Waals surface area contributed by atoms with Gasteiger partial charge in [-0.15, -0.1) is 0 Å². The fraction of sp³-hybridized carbons (Fsp3) is 0.500. The van der Waals surface area contributed by atoms with Crippen LogP contribution in [0.4, 0.5) is 0 Å². The highest BCUT2D eigenvalue weighted by atomic mass is 127. The van der Waals surface area contributed by atoms with Crippen LogP contribution in [0.15, 0.2) is 48.6 Å². The first kappa shape index (κ1) is 16.3. The van der Waals surface area contributed by atoms with Crippen LogP contribution in [-0.4, -0.2) is 10.5 Å². The van der Waals surface area contributed by atoms with Crippen LogP contribution in [0.1, 0.15) is 42.7 Å². The molecule has 2 N–H and O–H groups in total. The lowest BCUT2D eigenvalue weighted by molar-refractivity contribution is 0.262. The molecule has 2 aliphatic rings. The molecule has 1 saturated carbocycles. The van der Waals surface area contributed by atoms with E-state index < -0.39 is 0 Å². The molecule has 118 valence electrons. The zero-order valence-corrected chi connectivity index (χ0v) is 15.3. The minimum Gasteiger partial charge on any atom is -0.328 e. The first-order valence-corrected chi connectivity index (χ1v) is 10.1. The molecule has 0 aromatic heterocycles. The van der Waals surface area contributed by atoms with Crippen LogP contribution in [-0.2, 0) is 6.42 Å². The molecule has 2 heteroatoms. The maximum Gasteiger partial charge on any atom is 0.00506 e. The van der Waals surface area contributed by atoms with Gasteiger partial charge in [0.25, 0.3) is 0 Å². The Balaban J connectivity index is 1.78. The second kappa shape index (κ2) is 7.78. The number of unbranched alkanes of at least 4 members (excludes halogenated alkanes) is 1. The Bertz CT molecular complexity index is 548. The Kier molecular flexibility index (Phi) is 5.75. The Hall–Kier alpha value is -0.610. The van der Waals surface area contributed by atoms with Gasteiger partial charge in [-0.2, -0.15) is 0 Å². The molecule has 1 fully saturated rings. The van der Waals surface area contributed by atoms with Crippen LogP contribution in [0.3, 0.4) is 0 Å². The molecule has 0 spiro atoms. The van der Waals surface area contributed by atoms with Gasteiger partial charge in [0, 0.05) is 6.04 Å². The first-order valence-electron chi connectivity index (χ1n) is 8.53. The highest BCUT2D eigenvalue weighted by Gasteiger charge is 2.35. The minimum atomic E-state index is 0.338. The zero-order chi connectivity index (χ0) is 15.4. The summed E-state index contributed by atoms with van der Waals surface area (Å²) < 4.78 is 1.26. The number of fused-ring (bicyclic) bond motifs is 1. The summed E-state index contributed by atoms with van der Waals surface area (Å²) in [5.41, 5.74) is 9.34. The van der Waals surface area contributed by atoms with Crippen molar-refractivity contribution in [2.75, 3.05) is 4.43 Å². The molecule has 2 aliphatic carbocycles. The molecule has 4 unspecified atom stereocenters. The van der Waals surface area contributed by atoms with E-state index in [9.17, 15) is 0 Å². The molecule has 1 nitrogen and oxygen atoms in total. The van der Waals surface area contributed by atoms with Crippen molar-refractivity contribution < 1.29 is 0 Å². The van der Waals surface area contributed by atoms with Crippen molar-refractivity contribution in [1.29, 1.82) is 0 Å². The maximum atomic E-state index is 6.35. The van der Waals surface area contributed by atoms with E-state index in [-0.39, 0.29) is 0 Å². The monoisotopic (exact) mass is 407 g/mol. The van der Waals surface area contributed by atoms with E-state index >= 15 is 0 Å². The lowest BCUT2D eigenvalue weighted by Crippen LogP contribution is -2.37. The van der Waals surface area contributed by atoms with E-state index in [0.717, 1.165) is 12.8 Å². The Labute approximate surface area is 148 Å². The van der Waals surface area contributed by atoms with Gasteiger partial charge in [0.1, 0.15) is 0 Å². The van der Waals surface area contributed by atoms with Crippen molar-refractivity contribution in [1.82, 2.24) is 0 Å². The van der Waals surface area contributed by atoms with Gasteiger partial charge in [-0.25, -0.2) is 0 Å². The molecule has 0 aliphatic heterocycles. The lowest BCUT2D eigenvalue weighted by Gasteiger charge is -2.40. The normalized spacial score (nSPS) is 30.3. The summed E-state index contributed by atoms with van der Waals surface area (Å²) in [4.78, 5) is 0. The van der Waals surface area contributed by atoms with E-state index in [2.05, 4.69) is 71.2 Å². The standard InChI is InChI=1S/C20H26IN/c21-11-4-3-6-15-7-5-9-16(12-15)20-14-18(22)13-17-8-1-2-10-19(17)20/h1-2,5,7-10,12,17-20H,3-4,6,11,13-14,22H2. The number of nitrogens with two attached hydrogens (primary N) is 1. The van der Waals surface area contributed by atoms with Crippen LogP contribution in [0.5, 0.6) is 0 Å². The van der Waals surface area contributed by atoms with Gasteiger partial charge in [0.15, 0.2) is 0 Å². The van der Waals surface area contributed by atoms with Crippen molar-refractivity contribution in [3.05, 3.63) is 59.7 Å². The summed E-state index contributed by atoms with van der Waals surface area (Å²) in [5, 5.41) is 0. The largest absolute Gasteiger partial charge is 0.328 e. The van der Waals surface area contributed by atoms with Crippen molar-refractivity contribution >= 4 is 22.6 Å². The van der Waals surface area contributed by atoms with E-state index in [1.54, 1.807) is 0 Å². The Morgan fingerprint density at radius 3 is 2.82 bits per heavy atom. The number of hydrogen-bond acceptors (Lipinski definition) is 1. The van der Waals surface area contributed by atoms with E-state index in [1.807, 2.05) is 0 Å². The quantitative estimate of drug-likeness (QED) is 0.415. The van der Waals surface area contributed by atoms with Crippen LogP contribution in [0, 0.1) is 11.8 Å². The van der Waals surface area contributed by atoms with Gasteiger partial charge in [-0.05, 0) is 65.4 Å². The second-order valence-corrected chi connectivity index (χ2v) is 7.82. The molecule has 0 radical (unpaired) electrons. The van der Waals surface area contributed by atoms with E-state index in [4.69, 9.17) is 5.73 Å². The van der Waals surface area contributed by atoms with Crippen molar-refractivity contribution in [2.24, 2.45) is 17.6 Å². The topological polar surface area (TPSA) is 26.0 Å². The number of benzene rings is 1. The van der Waals surface area contributed by atoms with Gasteiger partial charge in [0.2, 0.25) is 0 Å². The molecule has 0 amide bonds. The summed E-state index contributed by atoms with van der Waals surface area (Å²) >= 11 is 2.47. The number of aryl methyl sites for hydroxylation is 1. The van der Waals surface area contributed by atoms with Gasteiger partial charge in [-0.3, -0.25) is 0 Å². The summed E-state index contributed by atoms with van der Waals surface area (Å²) in [7, 11) is 0. The number of allylic oxidation sites excluding steroid dienone is 4. The van der Waals surface area contributed by atoms with Crippen LogP contribution >= 0.6 is 22.6 Å². The molecule has 1 aromatic carbocycles. The second-order valence-electron chi connectivity index (χ2n) is 6.74. The van der Waals surface area contributed by atoms with Crippen molar-refractivity contribution in [3.63, 3.8) is 0 Å². The molecule has 0 saturated heterocycles. The Morgan fingerprint density at radius 1 is 1.09 bits per heavy atom. The SMILES string of the molecule is NC1CC2C=CC=CC2C(c2cccc(CCCCI)c2)C1. The molecule has 0 heterocycles. The average Bonchev–Trinajstić information content (AvgIpc) is 2.54. The van der Waals surface area contributed by atoms with E-state index in [1.165, 1.54) is 34.8 Å². The highest BCUT2D eigenvalue weighted by Crippen LogP contribution is 2.43. The molecule has 22 heavy (non-hydrogen) atoms. The summed E-state index contributed by atoms with van der Waals surface area (Å²) in [6.07, 6.45) is 15.3. The summed E-state index contributed by atoms with van der Waals surface area (Å²) in [6, 6.07) is 9.62. The zero-order valence-electron chi connectivity index (χ0n) is 13.1. The smallest absolute Gasteiger partial charge is 0.00506 e. The highest BCUT2D eigenvalue weighted by molar-refractivity contribution is 14.1. The van der Waals surface area contributed by atoms with E-state index in [0.29, 0.717) is 23.8 Å². The molecule has 4 atom stereocenters. The van der Waals surface area contributed by atoms with Gasteiger partial charge in [-0.1, -0.05) is 71.2 Å². The predicted octanol–water partition coefficient (Wildman–Crippen LogP) is 5.01. The number of rotatable bonds is 5. The fourth-order valence-corrected chi connectivity index (χ4v) is 4.57. The average molecular weight is 407 g/mol. The number of alkyl halides is 1. The minimum absolute atomic E-state index is 0.338. The van der Waals surface area contributed by atoms with Gasteiger partial charge < -0.3 is 5.73 Å². The molecule has 1 aromatic rings. The summed E-state index contributed by atoms with van der Waals surface area (Å²) in [5.74, 6) is 1.84. The third kappa shape index (κ3) is 3.83. The molecular weight excluding hydrogens is 381 g/mol. The van der Waals surface area contributed by atoms with Gasteiger partial charge in [0.05, 0.1) is 0 Å². The van der Waals surface area contributed by atoms with Crippen molar-refractivity contribution in [3.8, 4) is 0 Å². The Morgan fingerprint density at radius 2 is 1.95 bits per heavy atom. The molecule has 0 bridgehead atoms. The van der Waals surface area contributed by atoms with Crippen molar-refractivity contribution in [2.45, 2.75) is 44.1 Å². The van der Waals surface area contributed by atoms with Gasteiger partial charge >= 0.3 is 0 Å². The third-order valence-electron chi connectivity index (χ3n) is 5.12. The number of halogens is 1. The van der Waals surface area contributed by atoms with Crippen LogP contribution < -0.4 is 5.73 Å². The predicted molar refractivity (Wildman–Crippen MR) is 103 cm³/mol. The lowest BCUT2D eigenvalue weighted by atomic mass is 9.66. The fourth-order valence-electron chi connectivity index (χ4n) is 4.03. The molecular formula is C20H26IN.